The lowest BCUT2D eigenvalue weighted by Gasteiger charge is -2.18. The zero-order valence-corrected chi connectivity index (χ0v) is 18.6. The van der Waals surface area contributed by atoms with Crippen LogP contribution in [0.3, 0.4) is 0 Å². The molecule has 0 aliphatic rings. The Bertz CT molecular complexity index is 1180. The molecule has 0 aliphatic heterocycles. The van der Waals surface area contributed by atoms with Crippen molar-refractivity contribution in [2.24, 2.45) is 0 Å². The molecule has 32 heavy (non-hydrogen) atoms. The smallest absolute Gasteiger partial charge is 0.253 e. The molecule has 0 saturated heterocycles. The molecule has 0 unspecified atom stereocenters. The van der Waals surface area contributed by atoms with Crippen molar-refractivity contribution in [2.75, 3.05) is 13.1 Å². The molecule has 0 saturated carbocycles. The second-order valence-corrected chi connectivity index (χ2v) is 8.62. The van der Waals surface area contributed by atoms with Crippen molar-refractivity contribution in [1.29, 1.82) is 0 Å². The first-order valence-corrected chi connectivity index (χ1v) is 11.6. The van der Waals surface area contributed by atoms with Gasteiger partial charge in [0.25, 0.3) is 5.91 Å². The number of nitrogens with one attached hydrogen (secondary N) is 1. The largest absolute Gasteiger partial charge is 0.439 e. The van der Waals surface area contributed by atoms with E-state index in [4.69, 9.17) is 4.74 Å². The highest BCUT2D eigenvalue weighted by molar-refractivity contribution is 7.89. The number of pyridine rings is 1. The number of sulfonamides is 1. The minimum atomic E-state index is -3.85. The number of aromatic nitrogens is 1. The molecule has 7 nitrogen and oxygen atoms in total. The molecule has 9 heteroatoms. The summed E-state index contributed by atoms with van der Waals surface area (Å²) in [6.45, 7) is 4.83. The molecule has 168 valence electrons. The van der Waals surface area contributed by atoms with Gasteiger partial charge in [-0.25, -0.2) is 22.5 Å². The normalized spacial score (nSPS) is 11.2. The van der Waals surface area contributed by atoms with Gasteiger partial charge in [0.2, 0.25) is 15.9 Å². The number of hydrogen-bond donors (Lipinski definition) is 1. The van der Waals surface area contributed by atoms with Gasteiger partial charge in [-0.3, -0.25) is 4.79 Å². The van der Waals surface area contributed by atoms with E-state index < -0.39 is 15.8 Å². The number of nitrogens with zero attached hydrogens (tertiary/aromatic N) is 2. The number of benzene rings is 2. The van der Waals surface area contributed by atoms with Crippen LogP contribution in [0.1, 0.15) is 29.8 Å². The van der Waals surface area contributed by atoms with Gasteiger partial charge >= 0.3 is 0 Å². The van der Waals surface area contributed by atoms with Crippen LogP contribution in [0.2, 0.25) is 0 Å². The molecule has 0 spiro atoms. The predicted molar refractivity (Wildman–Crippen MR) is 118 cm³/mol. The van der Waals surface area contributed by atoms with Crippen molar-refractivity contribution in [1.82, 2.24) is 14.6 Å². The highest BCUT2D eigenvalue weighted by Crippen LogP contribution is 2.24. The molecular weight excluding hydrogens is 433 g/mol. The summed E-state index contributed by atoms with van der Waals surface area (Å²) >= 11 is 0. The van der Waals surface area contributed by atoms with Crippen LogP contribution in [0, 0.1) is 5.82 Å². The number of halogens is 1. The summed E-state index contributed by atoms with van der Waals surface area (Å²) in [5.41, 5.74) is 0.902. The minimum Gasteiger partial charge on any atom is -0.439 e. The van der Waals surface area contributed by atoms with E-state index in [1.54, 1.807) is 23.1 Å². The highest BCUT2D eigenvalue weighted by atomic mass is 32.2. The van der Waals surface area contributed by atoms with E-state index in [9.17, 15) is 17.6 Å². The summed E-state index contributed by atoms with van der Waals surface area (Å²) in [4.78, 5) is 18.2. The SMILES string of the molecule is CCN(CC)C(=O)c1ccc(S(=O)(=O)NCc2cccnc2Oc2cccc(F)c2)cc1. The van der Waals surface area contributed by atoms with Gasteiger partial charge < -0.3 is 9.64 Å². The lowest BCUT2D eigenvalue weighted by molar-refractivity contribution is 0.0773. The van der Waals surface area contributed by atoms with Crippen molar-refractivity contribution in [3.05, 3.63) is 83.8 Å². The van der Waals surface area contributed by atoms with Crippen LogP contribution < -0.4 is 9.46 Å². The summed E-state index contributed by atoms with van der Waals surface area (Å²) in [5.74, 6) is -0.188. The van der Waals surface area contributed by atoms with Gasteiger partial charge in [-0.1, -0.05) is 12.1 Å². The minimum absolute atomic E-state index is 0.0325. The standard InChI is InChI=1S/C23H24FN3O4S/c1-3-27(4-2)23(28)17-10-12-21(13-11-17)32(29,30)26-16-18-7-6-14-25-22(18)31-20-9-5-8-19(24)15-20/h5-15,26H,3-4,16H2,1-2H3. The quantitative estimate of drug-likeness (QED) is 0.525. The van der Waals surface area contributed by atoms with Crippen LogP contribution in [0.5, 0.6) is 11.6 Å². The lowest BCUT2D eigenvalue weighted by Crippen LogP contribution is -2.30. The third kappa shape index (κ3) is 5.68. The van der Waals surface area contributed by atoms with E-state index in [1.165, 1.54) is 48.7 Å². The van der Waals surface area contributed by atoms with Gasteiger partial charge in [-0.15, -0.1) is 0 Å². The zero-order valence-electron chi connectivity index (χ0n) is 17.8. The average molecular weight is 458 g/mol. The Balaban J connectivity index is 1.72. The van der Waals surface area contributed by atoms with Gasteiger partial charge in [0.15, 0.2) is 0 Å². The molecule has 0 fully saturated rings. The van der Waals surface area contributed by atoms with Crippen molar-refractivity contribution < 1.29 is 22.3 Å². The van der Waals surface area contributed by atoms with Crippen LogP contribution in [0.15, 0.2) is 71.8 Å². The van der Waals surface area contributed by atoms with Gasteiger partial charge in [-0.05, 0) is 56.3 Å². The second-order valence-electron chi connectivity index (χ2n) is 6.85. The summed E-state index contributed by atoms with van der Waals surface area (Å²) in [7, 11) is -3.85. The van der Waals surface area contributed by atoms with Gasteiger partial charge in [0, 0.05) is 43.0 Å². The molecule has 0 bridgehead atoms. The maximum Gasteiger partial charge on any atom is 0.253 e. The fourth-order valence-electron chi connectivity index (χ4n) is 3.02. The van der Waals surface area contributed by atoms with Gasteiger partial charge in [0.1, 0.15) is 11.6 Å². The molecule has 3 aromatic rings. The van der Waals surface area contributed by atoms with Crippen LogP contribution >= 0.6 is 0 Å². The molecule has 1 heterocycles. The summed E-state index contributed by atoms with van der Waals surface area (Å²) in [6.07, 6.45) is 1.50. The van der Waals surface area contributed by atoms with E-state index in [0.29, 0.717) is 24.2 Å². The Kier molecular flexibility index (Phi) is 7.55. The Hall–Kier alpha value is -3.30. The Morgan fingerprint density at radius 1 is 1.06 bits per heavy atom. The molecule has 1 amide bonds. The molecule has 0 atom stereocenters. The average Bonchev–Trinajstić information content (AvgIpc) is 2.79. The van der Waals surface area contributed by atoms with Crippen molar-refractivity contribution in [2.45, 2.75) is 25.3 Å². The number of rotatable bonds is 9. The first-order valence-electron chi connectivity index (χ1n) is 10.1. The van der Waals surface area contributed by atoms with Crippen molar-refractivity contribution >= 4 is 15.9 Å². The van der Waals surface area contributed by atoms with E-state index in [0.717, 1.165) is 0 Å². The predicted octanol–water partition coefficient (Wildman–Crippen LogP) is 3.97. The van der Waals surface area contributed by atoms with E-state index in [1.807, 2.05) is 13.8 Å². The summed E-state index contributed by atoms with van der Waals surface area (Å²) in [6, 6.07) is 14.7. The number of hydrogen-bond acceptors (Lipinski definition) is 5. The number of amides is 1. The lowest BCUT2D eigenvalue weighted by atomic mass is 10.2. The van der Waals surface area contributed by atoms with Crippen LogP contribution in [0.25, 0.3) is 0 Å². The molecule has 3 rings (SSSR count). The fraction of sp³-hybridized carbons (Fsp3) is 0.217. The van der Waals surface area contributed by atoms with Crippen LogP contribution in [-0.4, -0.2) is 37.3 Å². The van der Waals surface area contributed by atoms with Crippen molar-refractivity contribution in [3.8, 4) is 11.6 Å². The fourth-order valence-corrected chi connectivity index (χ4v) is 4.03. The Morgan fingerprint density at radius 2 is 1.78 bits per heavy atom. The molecule has 0 radical (unpaired) electrons. The maximum absolute atomic E-state index is 13.4. The molecule has 1 N–H and O–H groups in total. The van der Waals surface area contributed by atoms with E-state index in [-0.39, 0.29) is 29.0 Å². The van der Waals surface area contributed by atoms with Crippen LogP contribution in [0.4, 0.5) is 4.39 Å². The first kappa shape index (κ1) is 23.4. The zero-order chi connectivity index (χ0) is 23.1. The third-order valence-electron chi connectivity index (χ3n) is 4.78. The molecule has 1 aromatic heterocycles. The number of carbonyl (C=O) groups is 1. The molecule has 2 aromatic carbocycles. The molecular formula is C23H24FN3O4S. The van der Waals surface area contributed by atoms with E-state index in [2.05, 4.69) is 9.71 Å². The third-order valence-corrected chi connectivity index (χ3v) is 6.19. The topological polar surface area (TPSA) is 88.6 Å². The van der Waals surface area contributed by atoms with Gasteiger partial charge in [0.05, 0.1) is 4.90 Å². The monoisotopic (exact) mass is 457 g/mol. The molecule has 0 aliphatic carbocycles. The van der Waals surface area contributed by atoms with E-state index >= 15 is 0 Å². The summed E-state index contributed by atoms with van der Waals surface area (Å²) in [5, 5.41) is 0. The maximum atomic E-state index is 13.4. The number of ether oxygens (including phenoxy) is 1. The van der Waals surface area contributed by atoms with Crippen molar-refractivity contribution in [3.63, 3.8) is 0 Å². The number of carbonyl (C=O) groups excluding carboxylic acids is 1. The summed E-state index contributed by atoms with van der Waals surface area (Å²) < 4.78 is 47.0. The van der Waals surface area contributed by atoms with Crippen LogP contribution in [-0.2, 0) is 16.6 Å². The Labute approximate surface area is 186 Å². The second kappa shape index (κ2) is 10.3. The highest BCUT2D eigenvalue weighted by Gasteiger charge is 2.18. The van der Waals surface area contributed by atoms with Gasteiger partial charge in [-0.2, -0.15) is 0 Å². The first-order chi connectivity index (χ1) is 15.3. The Morgan fingerprint density at radius 3 is 2.44 bits per heavy atom.